The average Bonchev–Trinajstić information content (AvgIpc) is 2.81. The van der Waals surface area contributed by atoms with Gasteiger partial charge in [0.2, 0.25) is 24.7 Å². The van der Waals surface area contributed by atoms with E-state index in [1.54, 1.807) is 9.13 Å². The molecule has 2 aromatic heterocycles. The third kappa shape index (κ3) is 6.95. The lowest BCUT2D eigenvalue weighted by molar-refractivity contribution is -0.683. The fourth-order valence-electron chi connectivity index (χ4n) is 3.30. The molecule has 0 aliphatic heterocycles. The van der Waals surface area contributed by atoms with Gasteiger partial charge in [-0.05, 0) is 59.7 Å². The lowest BCUT2D eigenvalue weighted by atomic mass is 10.1. The quantitative estimate of drug-likeness (QED) is 0.185. The summed E-state index contributed by atoms with van der Waals surface area (Å²) in [5.41, 5.74) is 2.86. The smallest absolute Gasteiger partial charge is 0.227 e. The predicted molar refractivity (Wildman–Crippen MR) is 114 cm³/mol. The largest absolute Gasteiger partial charge is 1.00 e. The van der Waals surface area contributed by atoms with Gasteiger partial charge in [0.15, 0.2) is 24.8 Å². The van der Waals surface area contributed by atoms with E-state index in [1.165, 1.54) is 48.5 Å². The number of aromatic nitrogens is 2. The molecule has 0 saturated heterocycles. The van der Waals surface area contributed by atoms with Crippen molar-refractivity contribution in [1.29, 1.82) is 0 Å². The topological polar surface area (TPSA) is 41.9 Å². The molecule has 0 fully saturated rings. The molecule has 174 valence electrons. The lowest BCUT2D eigenvalue weighted by Crippen LogP contribution is -3.00. The highest BCUT2D eigenvalue weighted by Gasteiger charge is 2.14. The van der Waals surface area contributed by atoms with E-state index in [-0.39, 0.29) is 70.3 Å². The molecule has 4 rings (SSSR count). The summed E-state index contributed by atoms with van der Waals surface area (Å²) in [5, 5.41) is 0. The van der Waals surface area contributed by atoms with Crippen LogP contribution in [0, 0.1) is 11.6 Å². The minimum Gasteiger partial charge on any atom is -1.00 e. The van der Waals surface area contributed by atoms with Gasteiger partial charge in [-0.25, -0.2) is 8.78 Å². The lowest BCUT2D eigenvalue weighted by Gasteiger charge is -2.02. The Morgan fingerprint density at radius 2 is 0.824 bits per heavy atom. The Bertz CT molecular complexity index is 1150. The molecule has 4 aromatic rings. The number of rotatable bonds is 7. The zero-order chi connectivity index (χ0) is 22.5. The van der Waals surface area contributed by atoms with Gasteiger partial charge in [0.05, 0.1) is 0 Å². The zero-order valence-corrected chi connectivity index (χ0v) is 21.0. The van der Waals surface area contributed by atoms with Crippen molar-refractivity contribution in [3.05, 3.63) is 120 Å². The van der Waals surface area contributed by atoms with Crippen LogP contribution in [0.5, 0.6) is 0 Å². The second-order valence-electron chi connectivity index (χ2n) is 7.38. The van der Waals surface area contributed by atoms with Gasteiger partial charge in [-0.3, -0.25) is 9.59 Å². The summed E-state index contributed by atoms with van der Waals surface area (Å²) in [4.78, 5) is 24.7. The summed E-state index contributed by atoms with van der Waals surface area (Å²) in [6, 6.07) is 18.6. The van der Waals surface area contributed by atoms with Crippen molar-refractivity contribution in [2.24, 2.45) is 0 Å². The van der Waals surface area contributed by atoms with Crippen LogP contribution >= 0.6 is 0 Å². The van der Waals surface area contributed by atoms with E-state index in [9.17, 15) is 18.4 Å². The first-order valence-corrected chi connectivity index (χ1v) is 10.0. The van der Waals surface area contributed by atoms with E-state index in [0.29, 0.717) is 11.1 Å². The average molecular weight is 590 g/mol. The Morgan fingerprint density at radius 3 is 1.12 bits per heavy atom. The monoisotopic (exact) mass is 588 g/mol. The number of hydrogen-bond donors (Lipinski definition) is 0. The van der Waals surface area contributed by atoms with Gasteiger partial charge >= 0.3 is 0 Å². The second kappa shape index (κ2) is 12.4. The molecule has 0 saturated carbocycles. The number of nitrogens with zero attached hydrogens (tertiary/aromatic N) is 2. The summed E-state index contributed by atoms with van der Waals surface area (Å²) < 4.78 is 29.6. The number of hydrogen-bond acceptors (Lipinski definition) is 2. The summed E-state index contributed by atoms with van der Waals surface area (Å²) in [5.74, 6) is -0.950. The molecule has 0 aliphatic rings. The first-order chi connectivity index (χ1) is 15.5. The van der Waals surface area contributed by atoms with Crippen molar-refractivity contribution in [1.82, 2.24) is 0 Å². The first-order valence-electron chi connectivity index (χ1n) is 10.0. The molecule has 0 aliphatic carbocycles. The molecule has 0 bridgehead atoms. The van der Waals surface area contributed by atoms with Gasteiger partial charge in [-0.1, -0.05) is 0 Å². The van der Waals surface area contributed by atoms with Gasteiger partial charge in [0, 0.05) is 35.4 Å². The number of carbonyl (C=O) groups excluding carboxylic acids is 2. The minimum absolute atomic E-state index is 0. The third-order valence-corrected chi connectivity index (χ3v) is 5.10. The SMILES string of the molecule is O=C(C[n+]1ccc(-c2cc[n+](CC(=O)c3ccc(F)cc3)cc2)cc1)c1ccc(F)cc1.[Br-].[Br-]. The summed E-state index contributed by atoms with van der Waals surface area (Å²) in [6.07, 6.45) is 7.26. The standard InChI is InChI=1S/C26H20F2N2O2.2BrH/c27-23-5-1-21(2-6-23)25(31)17-29-13-9-19(10-14-29)20-11-15-30(16-12-20)18-26(32)22-3-7-24(28)8-4-22;;/h1-16H,17-18H2;2*1H/q+2;;/p-2. The molecule has 34 heavy (non-hydrogen) atoms. The van der Waals surface area contributed by atoms with Crippen LogP contribution in [0.3, 0.4) is 0 Å². The van der Waals surface area contributed by atoms with Gasteiger partial charge < -0.3 is 34.0 Å². The number of ketones is 2. The maximum absolute atomic E-state index is 13.0. The molecular weight excluding hydrogens is 570 g/mol. The Hall–Kier alpha value is -3.10. The maximum Gasteiger partial charge on any atom is 0.227 e. The van der Waals surface area contributed by atoms with Crippen LogP contribution in [-0.2, 0) is 13.1 Å². The normalized spacial score (nSPS) is 10.1. The zero-order valence-electron chi connectivity index (χ0n) is 17.9. The third-order valence-electron chi connectivity index (χ3n) is 5.10. The fourth-order valence-corrected chi connectivity index (χ4v) is 3.30. The van der Waals surface area contributed by atoms with Crippen molar-refractivity contribution >= 4 is 11.6 Å². The van der Waals surface area contributed by atoms with Crippen LogP contribution < -0.4 is 43.1 Å². The molecule has 2 aromatic carbocycles. The molecule has 8 heteroatoms. The highest BCUT2D eigenvalue weighted by Crippen LogP contribution is 2.16. The number of pyridine rings is 2. The fraction of sp³-hybridized carbons (Fsp3) is 0.0769. The molecule has 2 heterocycles. The van der Waals surface area contributed by atoms with Crippen LogP contribution in [0.1, 0.15) is 20.7 Å². The van der Waals surface area contributed by atoms with Gasteiger partial charge in [-0.2, -0.15) is 9.13 Å². The summed E-state index contributed by atoms with van der Waals surface area (Å²) in [7, 11) is 0. The molecular formula is C26H20Br2F2N2O2. The van der Waals surface area contributed by atoms with Gasteiger partial charge in [-0.15, -0.1) is 0 Å². The van der Waals surface area contributed by atoms with Crippen molar-refractivity contribution < 1.29 is 61.5 Å². The predicted octanol–water partition coefficient (Wildman–Crippen LogP) is -2.02. The van der Waals surface area contributed by atoms with E-state index >= 15 is 0 Å². The minimum atomic E-state index is -0.373. The van der Waals surface area contributed by atoms with E-state index in [4.69, 9.17) is 0 Å². The van der Waals surface area contributed by atoms with Crippen LogP contribution in [0.25, 0.3) is 11.1 Å². The Labute approximate surface area is 217 Å². The van der Waals surface area contributed by atoms with Crippen LogP contribution in [0.2, 0.25) is 0 Å². The molecule has 0 N–H and O–H groups in total. The van der Waals surface area contributed by atoms with E-state index in [0.717, 1.165) is 11.1 Å². The molecule has 0 unspecified atom stereocenters. The Balaban J connectivity index is 0.00000204. The number of benzene rings is 2. The molecule has 0 atom stereocenters. The van der Waals surface area contributed by atoms with Crippen molar-refractivity contribution in [2.75, 3.05) is 0 Å². The van der Waals surface area contributed by atoms with Crippen molar-refractivity contribution in [2.45, 2.75) is 13.1 Å². The number of carbonyl (C=O) groups is 2. The van der Waals surface area contributed by atoms with E-state index in [2.05, 4.69) is 0 Å². The first kappa shape index (κ1) is 27.1. The van der Waals surface area contributed by atoms with Gasteiger partial charge in [0.25, 0.3) is 0 Å². The summed E-state index contributed by atoms with van der Waals surface area (Å²) in [6.45, 7) is 0.318. The second-order valence-corrected chi connectivity index (χ2v) is 7.38. The van der Waals surface area contributed by atoms with Crippen molar-refractivity contribution in [3.8, 4) is 11.1 Å². The highest BCUT2D eigenvalue weighted by molar-refractivity contribution is 5.95. The van der Waals surface area contributed by atoms with Crippen LogP contribution in [-0.4, -0.2) is 11.6 Å². The molecule has 4 nitrogen and oxygen atoms in total. The Kier molecular flexibility index (Phi) is 9.89. The molecule has 0 radical (unpaired) electrons. The molecule has 0 amide bonds. The van der Waals surface area contributed by atoms with E-state index in [1.807, 2.05) is 49.1 Å². The Morgan fingerprint density at radius 1 is 0.529 bits per heavy atom. The van der Waals surface area contributed by atoms with Crippen molar-refractivity contribution in [3.63, 3.8) is 0 Å². The van der Waals surface area contributed by atoms with Crippen LogP contribution in [0.4, 0.5) is 8.78 Å². The molecule has 0 spiro atoms. The van der Waals surface area contributed by atoms with Crippen LogP contribution in [0.15, 0.2) is 97.6 Å². The maximum atomic E-state index is 13.0. The summed E-state index contributed by atoms with van der Waals surface area (Å²) >= 11 is 0. The number of Topliss-reactive ketones (excluding diaryl/α,β-unsaturated/α-hetero) is 2. The highest BCUT2D eigenvalue weighted by atomic mass is 79.9. The van der Waals surface area contributed by atoms with E-state index < -0.39 is 0 Å². The number of halogens is 4. The van der Waals surface area contributed by atoms with Gasteiger partial charge in [0.1, 0.15) is 11.6 Å².